The zero-order valence-electron chi connectivity index (χ0n) is 9.85. The van der Waals surface area contributed by atoms with Crippen molar-refractivity contribution in [1.29, 1.82) is 0 Å². The normalized spacial score (nSPS) is 10.6. The lowest BCUT2D eigenvalue weighted by atomic mass is 10.2. The average Bonchev–Trinajstić information content (AvgIpc) is 2.82. The highest BCUT2D eigenvalue weighted by atomic mass is 127. The highest BCUT2D eigenvalue weighted by molar-refractivity contribution is 14.1. The number of aromatic amines is 1. The summed E-state index contributed by atoms with van der Waals surface area (Å²) in [5.41, 5.74) is 1.53. The fraction of sp³-hybridized carbons (Fsp3) is 0. The van der Waals surface area contributed by atoms with Gasteiger partial charge in [0.25, 0.3) is 5.91 Å². The van der Waals surface area contributed by atoms with Crippen LogP contribution in [0.5, 0.6) is 0 Å². The summed E-state index contributed by atoms with van der Waals surface area (Å²) in [5, 5.41) is 10.7. The van der Waals surface area contributed by atoms with Crippen LogP contribution in [-0.4, -0.2) is 16.1 Å². The van der Waals surface area contributed by atoms with Crippen LogP contribution >= 0.6 is 22.6 Å². The van der Waals surface area contributed by atoms with Gasteiger partial charge >= 0.3 is 0 Å². The molecule has 19 heavy (non-hydrogen) atoms. The molecule has 1 aromatic heterocycles. The Labute approximate surface area is 123 Å². The topological polar surface area (TPSA) is 57.8 Å². The van der Waals surface area contributed by atoms with Gasteiger partial charge in [0, 0.05) is 14.5 Å². The van der Waals surface area contributed by atoms with Crippen LogP contribution < -0.4 is 5.32 Å². The van der Waals surface area contributed by atoms with E-state index in [0.29, 0.717) is 11.4 Å². The number of carbonyl (C=O) groups is 1. The lowest BCUT2D eigenvalue weighted by Crippen LogP contribution is -2.12. The van der Waals surface area contributed by atoms with Gasteiger partial charge < -0.3 is 5.32 Å². The minimum atomic E-state index is -0.157. The summed E-state index contributed by atoms with van der Waals surface area (Å²) in [6.45, 7) is 0. The van der Waals surface area contributed by atoms with E-state index in [0.717, 1.165) is 14.5 Å². The van der Waals surface area contributed by atoms with Crippen LogP contribution in [0, 0.1) is 3.57 Å². The monoisotopic (exact) mass is 363 g/mol. The van der Waals surface area contributed by atoms with Gasteiger partial charge in [0.05, 0.1) is 5.52 Å². The molecular weight excluding hydrogens is 353 g/mol. The van der Waals surface area contributed by atoms with E-state index in [-0.39, 0.29) is 5.91 Å². The van der Waals surface area contributed by atoms with Crippen LogP contribution in [0.15, 0.2) is 48.5 Å². The van der Waals surface area contributed by atoms with Gasteiger partial charge in [-0.15, -0.1) is 0 Å². The summed E-state index contributed by atoms with van der Waals surface area (Å²) >= 11 is 2.18. The first-order valence-corrected chi connectivity index (χ1v) is 6.82. The molecule has 0 atom stereocenters. The maximum atomic E-state index is 12.1. The Morgan fingerprint density at radius 3 is 2.84 bits per heavy atom. The van der Waals surface area contributed by atoms with E-state index in [9.17, 15) is 4.79 Å². The van der Waals surface area contributed by atoms with Gasteiger partial charge in [0.15, 0.2) is 5.82 Å². The Hall–Kier alpha value is -1.89. The van der Waals surface area contributed by atoms with Crippen molar-refractivity contribution in [2.24, 2.45) is 0 Å². The predicted molar refractivity (Wildman–Crippen MR) is 83.2 cm³/mol. The number of fused-ring (bicyclic) bond motifs is 1. The molecule has 1 heterocycles. The first-order valence-electron chi connectivity index (χ1n) is 5.74. The van der Waals surface area contributed by atoms with Crippen molar-refractivity contribution < 1.29 is 4.79 Å². The van der Waals surface area contributed by atoms with E-state index in [1.165, 1.54) is 0 Å². The second kappa shape index (κ2) is 5.00. The maximum Gasteiger partial charge on any atom is 0.256 e. The van der Waals surface area contributed by atoms with Crippen molar-refractivity contribution in [2.75, 3.05) is 5.32 Å². The van der Waals surface area contributed by atoms with Crippen molar-refractivity contribution >= 4 is 45.2 Å². The fourth-order valence-corrected chi connectivity index (χ4v) is 2.41. The Balaban J connectivity index is 1.91. The standard InChI is InChI=1S/C14H10IN3O/c15-10-5-3-4-9(8-10)14(19)16-13-11-6-1-2-7-12(11)17-18-13/h1-8H,(H2,16,17,18,19). The van der Waals surface area contributed by atoms with Crippen LogP contribution in [0.3, 0.4) is 0 Å². The third kappa shape index (κ3) is 2.46. The van der Waals surface area contributed by atoms with Gasteiger partial charge in [-0.2, -0.15) is 5.10 Å². The van der Waals surface area contributed by atoms with E-state index < -0.39 is 0 Å². The van der Waals surface area contributed by atoms with Crippen LogP contribution in [0.25, 0.3) is 10.9 Å². The van der Waals surface area contributed by atoms with E-state index >= 15 is 0 Å². The molecule has 0 saturated carbocycles. The predicted octanol–water partition coefficient (Wildman–Crippen LogP) is 3.42. The van der Waals surface area contributed by atoms with Crippen molar-refractivity contribution in [3.05, 3.63) is 57.7 Å². The molecule has 1 amide bonds. The number of amides is 1. The van der Waals surface area contributed by atoms with Crippen LogP contribution in [0.4, 0.5) is 5.82 Å². The number of hydrogen-bond donors (Lipinski definition) is 2. The number of anilines is 1. The molecule has 0 aliphatic rings. The summed E-state index contributed by atoms with van der Waals surface area (Å²) in [4.78, 5) is 12.1. The van der Waals surface area contributed by atoms with E-state index in [2.05, 4.69) is 38.1 Å². The summed E-state index contributed by atoms with van der Waals surface area (Å²) in [6, 6.07) is 15.1. The molecule has 0 fully saturated rings. The number of carbonyl (C=O) groups excluding carboxylic acids is 1. The van der Waals surface area contributed by atoms with Crippen LogP contribution in [-0.2, 0) is 0 Å². The smallest absolute Gasteiger partial charge is 0.256 e. The van der Waals surface area contributed by atoms with Gasteiger partial charge in [-0.05, 0) is 52.9 Å². The number of aromatic nitrogens is 2. The number of nitrogens with zero attached hydrogens (tertiary/aromatic N) is 1. The number of nitrogens with one attached hydrogen (secondary N) is 2. The van der Waals surface area contributed by atoms with Crippen LogP contribution in [0.1, 0.15) is 10.4 Å². The molecule has 4 nitrogen and oxygen atoms in total. The number of benzene rings is 2. The zero-order chi connectivity index (χ0) is 13.2. The quantitative estimate of drug-likeness (QED) is 0.686. The number of halogens is 1. The van der Waals surface area contributed by atoms with Gasteiger partial charge in [-0.3, -0.25) is 9.89 Å². The van der Waals surface area contributed by atoms with Gasteiger partial charge in [-0.1, -0.05) is 18.2 Å². The minimum Gasteiger partial charge on any atom is -0.305 e. The Bertz CT molecular complexity index is 751. The van der Waals surface area contributed by atoms with Crippen molar-refractivity contribution in [2.45, 2.75) is 0 Å². The molecule has 0 spiro atoms. The third-order valence-corrected chi connectivity index (χ3v) is 3.46. The zero-order valence-corrected chi connectivity index (χ0v) is 12.0. The lowest BCUT2D eigenvalue weighted by molar-refractivity contribution is 0.102. The molecule has 2 N–H and O–H groups in total. The van der Waals surface area contributed by atoms with Gasteiger partial charge in [0.2, 0.25) is 0 Å². The molecule has 0 unspecified atom stereocenters. The molecule has 2 aromatic carbocycles. The average molecular weight is 363 g/mol. The molecular formula is C14H10IN3O. The number of rotatable bonds is 2. The third-order valence-electron chi connectivity index (χ3n) is 2.79. The van der Waals surface area contributed by atoms with E-state index in [4.69, 9.17) is 0 Å². The molecule has 0 saturated heterocycles. The fourth-order valence-electron chi connectivity index (χ4n) is 1.87. The molecule has 0 radical (unpaired) electrons. The minimum absolute atomic E-state index is 0.157. The second-order valence-electron chi connectivity index (χ2n) is 4.08. The number of H-pyrrole nitrogens is 1. The first kappa shape index (κ1) is 12.2. The van der Waals surface area contributed by atoms with Gasteiger partial charge in [-0.25, -0.2) is 0 Å². The Kier molecular flexibility index (Phi) is 3.20. The van der Waals surface area contributed by atoms with E-state index in [1.54, 1.807) is 6.07 Å². The molecule has 0 bridgehead atoms. The van der Waals surface area contributed by atoms with Crippen molar-refractivity contribution in [3.8, 4) is 0 Å². The molecule has 94 valence electrons. The summed E-state index contributed by atoms with van der Waals surface area (Å²) < 4.78 is 1.03. The first-order chi connectivity index (χ1) is 9.24. The number of para-hydroxylation sites is 1. The highest BCUT2D eigenvalue weighted by Crippen LogP contribution is 2.20. The highest BCUT2D eigenvalue weighted by Gasteiger charge is 2.10. The molecule has 0 aliphatic carbocycles. The van der Waals surface area contributed by atoms with Crippen molar-refractivity contribution in [3.63, 3.8) is 0 Å². The molecule has 3 aromatic rings. The van der Waals surface area contributed by atoms with Crippen LogP contribution in [0.2, 0.25) is 0 Å². The largest absolute Gasteiger partial charge is 0.305 e. The SMILES string of the molecule is O=C(Nc1n[nH]c2ccccc12)c1cccc(I)c1. The Morgan fingerprint density at radius 2 is 2.00 bits per heavy atom. The van der Waals surface area contributed by atoms with Gasteiger partial charge in [0.1, 0.15) is 0 Å². The molecule has 0 aliphatic heterocycles. The number of hydrogen-bond acceptors (Lipinski definition) is 2. The molecule has 3 rings (SSSR count). The molecule has 5 heteroatoms. The van der Waals surface area contributed by atoms with Crippen molar-refractivity contribution in [1.82, 2.24) is 10.2 Å². The van der Waals surface area contributed by atoms with E-state index in [1.807, 2.05) is 42.5 Å². The Morgan fingerprint density at radius 1 is 1.16 bits per heavy atom. The summed E-state index contributed by atoms with van der Waals surface area (Å²) in [6.07, 6.45) is 0. The lowest BCUT2D eigenvalue weighted by Gasteiger charge is -2.03. The second-order valence-corrected chi connectivity index (χ2v) is 5.33. The summed E-state index contributed by atoms with van der Waals surface area (Å²) in [7, 11) is 0. The maximum absolute atomic E-state index is 12.1. The summed E-state index contributed by atoms with van der Waals surface area (Å²) in [5.74, 6) is 0.398.